The first-order valence-corrected chi connectivity index (χ1v) is 12.2. The van der Waals surface area contributed by atoms with E-state index in [2.05, 4.69) is 5.32 Å². The van der Waals surface area contributed by atoms with Gasteiger partial charge in [-0.3, -0.25) is 14.2 Å². The Hall–Kier alpha value is -3.98. The number of ether oxygens (including phenoxy) is 3. The molecule has 0 atom stereocenters. The molecule has 0 saturated carbocycles. The number of rotatable bonds is 9. The molecule has 0 saturated heterocycles. The molecule has 0 radical (unpaired) electrons. The number of carbonyl (C=O) groups is 1. The molecule has 1 aromatic heterocycles. The monoisotopic (exact) mass is 505 g/mol. The van der Waals surface area contributed by atoms with Crippen molar-refractivity contribution in [3.8, 4) is 17.2 Å². The summed E-state index contributed by atoms with van der Waals surface area (Å²) in [6.07, 6.45) is 0. The van der Waals surface area contributed by atoms with E-state index >= 15 is 0 Å². The fraction of sp³-hybridized carbons (Fsp3) is 0.222. The molecule has 0 bridgehead atoms. The quantitative estimate of drug-likeness (QED) is 0.264. The van der Waals surface area contributed by atoms with Gasteiger partial charge in [-0.1, -0.05) is 53.7 Å². The van der Waals surface area contributed by atoms with Gasteiger partial charge in [0.25, 0.3) is 5.56 Å². The zero-order valence-corrected chi connectivity index (χ0v) is 21.3. The molecule has 1 heterocycles. The smallest absolute Gasteiger partial charge is 0.262 e. The fourth-order valence-corrected chi connectivity index (χ4v) is 4.61. The number of amides is 1. The molecule has 4 aromatic rings. The summed E-state index contributed by atoms with van der Waals surface area (Å²) in [5.41, 5.74) is 2.91. The van der Waals surface area contributed by atoms with Crippen molar-refractivity contribution in [2.75, 3.05) is 32.4 Å². The van der Waals surface area contributed by atoms with Gasteiger partial charge in [-0.25, -0.2) is 4.98 Å². The molecule has 36 heavy (non-hydrogen) atoms. The summed E-state index contributed by atoms with van der Waals surface area (Å²) >= 11 is 1.21. The first-order chi connectivity index (χ1) is 17.4. The molecule has 0 aliphatic rings. The Morgan fingerprint density at radius 3 is 2.31 bits per heavy atom. The van der Waals surface area contributed by atoms with Gasteiger partial charge in [-0.05, 0) is 24.6 Å². The van der Waals surface area contributed by atoms with Crippen LogP contribution < -0.4 is 25.1 Å². The minimum Gasteiger partial charge on any atom is -0.493 e. The van der Waals surface area contributed by atoms with Gasteiger partial charge in [0.15, 0.2) is 16.7 Å². The minimum atomic E-state index is -0.265. The highest BCUT2D eigenvalue weighted by molar-refractivity contribution is 7.99. The number of nitrogens with zero attached hydrogens (tertiary/aromatic N) is 2. The summed E-state index contributed by atoms with van der Waals surface area (Å²) in [5, 5.41) is 3.88. The highest BCUT2D eigenvalue weighted by Crippen LogP contribution is 2.40. The Balaban J connectivity index is 1.60. The van der Waals surface area contributed by atoms with Crippen molar-refractivity contribution in [3.05, 3.63) is 82.1 Å². The molecule has 8 nitrogen and oxygen atoms in total. The first-order valence-electron chi connectivity index (χ1n) is 11.2. The number of fused-ring (bicyclic) bond motifs is 1. The third-order valence-electron chi connectivity index (χ3n) is 5.54. The van der Waals surface area contributed by atoms with Crippen LogP contribution in [-0.2, 0) is 11.3 Å². The van der Waals surface area contributed by atoms with Gasteiger partial charge < -0.3 is 19.5 Å². The van der Waals surface area contributed by atoms with Crippen LogP contribution in [0.4, 0.5) is 5.69 Å². The lowest BCUT2D eigenvalue weighted by Gasteiger charge is -2.15. The summed E-state index contributed by atoms with van der Waals surface area (Å²) < 4.78 is 17.7. The Morgan fingerprint density at radius 2 is 1.67 bits per heavy atom. The SMILES string of the molecule is COc1cc(NC(=O)CSc2nc3ccc(C)cc3c(=O)n2Cc2ccccc2)cc(OC)c1OC. The topological polar surface area (TPSA) is 91.7 Å². The zero-order valence-electron chi connectivity index (χ0n) is 20.5. The number of hydrogen-bond acceptors (Lipinski definition) is 7. The Morgan fingerprint density at radius 1 is 0.972 bits per heavy atom. The van der Waals surface area contributed by atoms with Gasteiger partial charge in [0, 0.05) is 17.8 Å². The average Bonchev–Trinajstić information content (AvgIpc) is 2.89. The molecule has 0 unspecified atom stereocenters. The number of nitrogens with one attached hydrogen (secondary N) is 1. The van der Waals surface area contributed by atoms with E-state index in [0.29, 0.717) is 45.5 Å². The third kappa shape index (κ3) is 5.46. The number of anilines is 1. The largest absolute Gasteiger partial charge is 0.493 e. The maximum atomic E-state index is 13.4. The predicted molar refractivity (Wildman–Crippen MR) is 142 cm³/mol. The van der Waals surface area contributed by atoms with Crippen LogP contribution >= 0.6 is 11.8 Å². The molecule has 3 aromatic carbocycles. The van der Waals surface area contributed by atoms with Crippen LogP contribution in [0.15, 0.2) is 70.6 Å². The molecule has 186 valence electrons. The summed E-state index contributed by atoms with van der Waals surface area (Å²) in [5.74, 6) is 1.09. The average molecular weight is 506 g/mol. The van der Waals surface area contributed by atoms with Crippen molar-refractivity contribution < 1.29 is 19.0 Å². The number of thioether (sulfide) groups is 1. The van der Waals surface area contributed by atoms with E-state index in [1.165, 1.54) is 33.1 Å². The van der Waals surface area contributed by atoms with Crippen molar-refractivity contribution in [2.24, 2.45) is 0 Å². The molecule has 1 amide bonds. The first kappa shape index (κ1) is 25.1. The van der Waals surface area contributed by atoms with Crippen LogP contribution in [0.1, 0.15) is 11.1 Å². The third-order valence-corrected chi connectivity index (χ3v) is 6.52. The van der Waals surface area contributed by atoms with Crippen LogP contribution in [0.2, 0.25) is 0 Å². The Bertz CT molecular complexity index is 1430. The van der Waals surface area contributed by atoms with E-state index in [4.69, 9.17) is 19.2 Å². The van der Waals surface area contributed by atoms with E-state index in [-0.39, 0.29) is 17.2 Å². The summed E-state index contributed by atoms with van der Waals surface area (Å²) in [6.45, 7) is 2.30. The van der Waals surface area contributed by atoms with E-state index in [1.54, 1.807) is 16.7 Å². The van der Waals surface area contributed by atoms with Gasteiger partial charge in [0.1, 0.15) is 0 Å². The van der Waals surface area contributed by atoms with E-state index in [1.807, 2.05) is 55.5 Å². The number of benzene rings is 3. The zero-order chi connectivity index (χ0) is 25.7. The second-order valence-corrected chi connectivity index (χ2v) is 8.99. The number of carbonyl (C=O) groups excluding carboxylic acids is 1. The molecule has 0 fully saturated rings. The van der Waals surface area contributed by atoms with Crippen LogP contribution in [-0.4, -0.2) is 42.5 Å². The highest BCUT2D eigenvalue weighted by atomic mass is 32.2. The van der Waals surface area contributed by atoms with Crippen molar-refractivity contribution in [1.29, 1.82) is 0 Å². The standard InChI is InChI=1S/C27H27N3O5S/c1-17-10-11-21-20(12-17)26(32)30(15-18-8-6-5-7-9-18)27(29-21)36-16-24(31)28-19-13-22(33-2)25(35-4)23(14-19)34-3/h5-14H,15-16H2,1-4H3,(H,28,31). The number of aromatic nitrogens is 2. The maximum absolute atomic E-state index is 13.4. The van der Waals surface area contributed by atoms with Gasteiger partial charge >= 0.3 is 0 Å². The molecular weight excluding hydrogens is 478 g/mol. The predicted octanol–water partition coefficient (Wildman–Crippen LogP) is 4.51. The highest BCUT2D eigenvalue weighted by Gasteiger charge is 2.17. The Kier molecular flexibility index (Phi) is 7.80. The number of methoxy groups -OCH3 is 3. The maximum Gasteiger partial charge on any atom is 0.262 e. The van der Waals surface area contributed by atoms with Crippen molar-refractivity contribution in [1.82, 2.24) is 9.55 Å². The molecule has 1 N–H and O–H groups in total. The van der Waals surface area contributed by atoms with Crippen LogP contribution in [0.25, 0.3) is 10.9 Å². The number of aryl methyl sites for hydroxylation is 1. The van der Waals surface area contributed by atoms with Crippen LogP contribution in [0, 0.1) is 6.92 Å². The lowest BCUT2D eigenvalue weighted by molar-refractivity contribution is -0.113. The fourth-order valence-electron chi connectivity index (χ4n) is 3.81. The van der Waals surface area contributed by atoms with Crippen LogP contribution in [0.5, 0.6) is 17.2 Å². The van der Waals surface area contributed by atoms with Crippen molar-refractivity contribution in [3.63, 3.8) is 0 Å². The van der Waals surface area contributed by atoms with Gasteiger partial charge in [-0.15, -0.1) is 0 Å². The summed E-state index contributed by atoms with van der Waals surface area (Å²) in [4.78, 5) is 31.0. The van der Waals surface area contributed by atoms with Crippen LogP contribution in [0.3, 0.4) is 0 Å². The summed E-state index contributed by atoms with van der Waals surface area (Å²) in [7, 11) is 4.54. The van der Waals surface area contributed by atoms with Gasteiger partial charge in [-0.2, -0.15) is 0 Å². The second kappa shape index (κ2) is 11.2. The van der Waals surface area contributed by atoms with E-state index < -0.39 is 0 Å². The van der Waals surface area contributed by atoms with Gasteiger partial charge in [0.05, 0.1) is 44.5 Å². The molecule has 0 spiro atoms. The van der Waals surface area contributed by atoms with Crippen molar-refractivity contribution >= 4 is 34.3 Å². The lowest BCUT2D eigenvalue weighted by Crippen LogP contribution is -2.25. The van der Waals surface area contributed by atoms with Gasteiger partial charge in [0.2, 0.25) is 11.7 Å². The molecule has 0 aliphatic carbocycles. The normalized spacial score (nSPS) is 10.8. The number of hydrogen-bond donors (Lipinski definition) is 1. The van der Waals surface area contributed by atoms with Crippen molar-refractivity contribution in [2.45, 2.75) is 18.6 Å². The second-order valence-electron chi connectivity index (χ2n) is 8.04. The molecular formula is C27H27N3O5S. The van der Waals surface area contributed by atoms with E-state index in [9.17, 15) is 9.59 Å². The Labute approximate surface area is 213 Å². The minimum absolute atomic E-state index is 0.0509. The molecule has 0 aliphatic heterocycles. The lowest BCUT2D eigenvalue weighted by atomic mass is 10.1. The molecule has 9 heteroatoms. The van der Waals surface area contributed by atoms with E-state index in [0.717, 1.165) is 11.1 Å². The summed E-state index contributed by atoms with van der Waals surface area (Å²) in [6, 6.07) is 18.6. The molecule has 4 rings (SSSR count).